The van der Waals surface area contributed by atoms with Crippen LogP contribution in [0.4, 0.5) is 5.69 Å². The van der Waals surface area contributed by atoms with Gasteiger partial charge in [-0.15, -0.1) is 0 Å². The number of pyridine rings is 1. The number of hydrogen-bond acceptors (Lipinski definition) is 2. The summed E-state index contributed by atoms with van der Waals surface area (Å²) in [6, 6.07) is 13.2. The highest BCUT2D eigenvalue weighted by Crippen LogP contribution is 2.24. The van der Waals surface area contributed by atoms with Gasteiger partial charge in [0.25, 0.3) is 5.56 Å². The Hall–Kier alpha value is -2.07. The third-order valence-corrected chi connectivity index (χ3v) is 4.32. The molecule has 0 amide bonds. The van der Waals surface area contributed by atoms with Crippen molar-refractivity contribution in [2.45, 2.75) is 13.8 Å². The molecule has 0 saturated carbocycles. The number of anilines is 1. The number of hydrogen-bond donors (Lipinski definition) is 1. The Balaban J connectivity index is 2.45. The van der Waals surface area contributed by atoms with Crippen LogP contribution in [0.3, 0.4) is 0 Å². The molecule has 1 heterocycles. The number of rotatable bonds is 1. The maximum Gasteiger partial charge on any atom is 0.263 e. The van der Waals surface area contributed by atoms with Gasteiger partial charge >= 0.3 is 0 Å². The third kappa shape index (κ3) is 2.25. The van der Waals surface area contributed by atoms with E-state index in [-0.39, 0.29) is 5.56 Å². The normalized spacial score (nSPS) is 11.0. The summed E-state index contributed by atoms with van der Waals surface area (Å²) in [5.74, 6) is 0. The van der Waals surface area contributed by atoms with Crippen molar-refractivity contribution >= 4 is 32.4 Å². The van der Waals surface area contributed by atoms with Gasteiger partial charge in [-0.3, -0.25) is 9.36 Å². The molecule has 0 bridgehead atoms. The van der Waals surface area contributed by atoms with Crippen LogP contribution in [-0.2, 0) is 0 Å². The van der Waals surface area contributed by atoms with E-state index < -0.39 is 0 Å². The molecule has 0 unspecified atom stereocenters. The first kappa shape index (κ1) is 13.9. The second-order valence-electron chi connectivity index (χ2n) is 5.14. The summed E-state index contributed by atoms with van der Waals surface area (Å²) in [6.07, 6.45) is 0. The van der Waals surface area contributed by atoms with Crippen molar-refractivity contribution in [2.24, 2.45) is 0 Å². The summed E-state index contributed by atoms with van der Waals surface area (Å²) in [7, 11) is 0. The molecule has 0 spiro atoms. The van der Waals surface area contributed by atoms with Crippen molar-refractivity contribution in [1.82, 2.24) is 4.57 Å². The highest BCUT2D eigenvalue weighted by molar-refractivity contribution is 9.10. The van der Waals surface area contributed by atoms with Gasteiger partial charge in [-0.2, -0.15) is 0 Å². The molecular formula is C17H15BrN2O. The predicted molar refractivity (Wildman–Crippen MR) is 91.1 cm³/mol. The molecule has 0 atom stereocenters. The fourth-order valence-corrected chi connectivity index (χ4v) is 3.01. The third-order valence-electron chi connectivity index (χ3n) is 3.83. The van der Waals surface area contributed by atoms with Gasteiger partial charge in [0.05, 0.1) is 5.69 Å². The molecule has 0 saturated heterocycles. The van der Waals surface area contributed by atoms with Gasteiger partial charge in [0, 0.05) is 21.2 Å². The molecule has 0 aliphatic carbocycles. The zero-order valence-electron chi connectivity index (χ0n) is 11.9. The Labute approximate surface area is 131 Å². The quantitative estimate of drug-likeness (QED) is 0.680. The average molecular weight is 343 g/mol. The minimum atomic E-state index is -0.0220. The van der Waals surface area contributed by atoms with Crippen LogP contribution in [-0.4, -0.2) is 4.57 Å². The highest BCUT2D eigenvalue weighted by Gasteiger charge is 2.12. The van der Waals surface area contributed by atoms with Crippen LogP contribution in [0.25, 0.3) is 16.5 Å². The Kier molecular flexibility index (Phi) is 3.33. The van der Waals surface area contributed by atoms with Crippen molar-refractivity contribution in [1.29, 1.82) is 0 Å². The van der Waals surface area contributed by atoms with Gasteiger partial charge < -0.3 is 5.73 Å². The van der Waals surface area contributed by atoms with E-state index in [4.69, 9.17) is 5.73 Å². The lowest BCUT2D eigenvalue weighted by Crippen LogP contribution is -2.22. The first-order chi connectivity index (χ1) is 9.99. The minimum Gasteiger partial charge on any atom is -0.399 e. The van der Waals surface area contributed by atoms with Gasteiger partial charge in [0.15, 0.2) is 0 Å². The second kappa shape index (κ2) is 5.04. The van der Waals surface area contributed by atoms with E-state index in [1.54, 1.807) is 16.7 Å². The maximum absolute atomic E-state index is 12.8. The van der Waals surface area contributed by atoms with Crippen molar-refractivity contribution in [3.8, 4) is 5.69 Å². The Morgan fingerprint density at radius 2 is 1.81 bits per heavy atom. The van der Waals surface area contributed by atoms with E-state index in [1.807, 2.05) is 44.2 Å². The molecule has 2 aromatic carbocycles. The SMILES string of the molecule is Cc1c(C)n(-c2cccc(Br)c2)c(=O)c2ccc(N)cc12. The van der Waals surface area contributed by atoms with E-state index in [9.17, 15) is 4.79 Å². The summed E-state index contributed by atoms with van der Waals surface area (Å²) in [6.45, 7) is 3.98. The van der Waals surface area contributed by atoms with Crippen molar-refractivity contribution in [3.05, 3.63) is 68.5 Å². The highest BCUT2D eigenvalue weighted by atomic mass is 79.9. The predicted octanol–water partition coefficient (Wildman–Crippen LogP) is 3.95. The van der Waals surface area contributed by atoms with Crippen LogP contribution in [0.2, 0.25) is 0 Å². The summed E-state index contributed by atoms with van der Waals surface area (Å²) in [5.41, 5.74) is 9.34. The van der Waals surface area contributed by atoms with Gasteiger partial charge in [0.2, 0.25) is 0 Å². The molecule has 2 N–H and O–H groups in total. The Bertz CT molecular complexity index is 913. The van der Waals surface area contributed by atoms with Crippen LogP contribution >= 0.6 is 15.9 Å². The standard InChI is InChI=1S/C17H15BrN2O/c1-10-11(2)20(14-5-3-4-12(18)8-14)17(21)15-7-6-13(19)9-16(10)15/h3-9H,19H2,1-2H3. The van der Waals surface area contributed by atoms with E-state index in [1.165, 1.54) is 0 Å². The fraction of sp³-hybridized carbons (Fsp3) is 0.118. The van der Waals surface area contributed by atoms with Crippen molar-refractivity contribution in [2.75, 3.05) is 5.73 Å². The summed E-state index contributed by atoms with van der Waals surface area (Å²) < 4.78 is 2.69. The number of aromatic nitrogens is 1. The van der Waals surface area contributed by atoms with E-state index in [0.29, 0.717) is 11.1 Å². The molecule has 0 fully saturated rings. The molecule has 3 aromatic rings. The second-order valence-corrected chi connectivity index (χ2v) is 6.05. The summed E-state index contributed by atoms with van der Waals surface area (Å²) in [5, 5.41) is 1.61. The largest absolute Gasteiger partial charge is 0.399 e. The molecule has 0 aliphatic heterocycles. The minimum absolute atomic E-state index is 0.0220. The van der Waals surface area contributed by atoms with Crippen LogP contribution in [0.5, 0.6) is 0 Å². The van der Waals surface area contributed by atoms with Crippen molar-refractivity contribution in [3.63, 3.8) is 0 Å². The summed E-state index contributed by atoms with van der Waals surface area (Å²) >= 11 is 3.45. The Morgan fingerprint density at radius 3 is 2.52 bits per heavy atom. The molecule has 106 valence electrons. The van der Waals surface area contributed by atoms with Crippen molar-refractivity contribution < 1.29 is 0 Å². The fourth-order valence-electron chi connectivity index (χ4n) is 2.62. The van der Waals surface area contributed by atoms with Crippen LogP contribution < -0.4 is 11.3 Å². The number of nitrogen functional groups attached to an aromatic ring is 1. The summed E-state index contributed by atoms with van der Waals surface area (Å²) in [4.78, 5) is 12.8. The molecule has 0 radical (unpaired) electrons. The number of benzene rings is 2. The van der Waals surface area contributed by atoms with E-state index in [0.717, 1.165) is 26.8 Å². The van der Waals surface area contributed by atoms with Crippen LogP contribution in [0.1, 0.15) is 11.3 Å². The smallest absolute Gasteiger partial charge is 0.263 e. The lowest BCUT2D eigenvalue weighted by atomic mass is 10.0. The topological polar surface area (TPSA) is 48.0 Å². The van der Waals surface area contributed by atoms with Gasteiger partial charge in [0.1, 0.15) is 0 Å². The molecular weight excluding hydrogens is 328 g/mol. The molecule has 3 nitrogen and oxygen atoms in total. The zero-order chi connectivity index (χ0) is 15.1. The van der Waals surface area contributed by atoms with Crippen LogP contribution in [0, 0.1) is 13.8 Å². The van der Waals surface area contributed by atoms with E-state index in [2.05, 4.69) is 15.9 Å². The number of halogens is 1. The molecule has 21 heavy (non-hydrogen) atoms. The maximum atomic E-state index is 12.8. The number of nitrogens with zero attached hydrogens (tertiary/aromatic N) is 1. The first-order valence-corrected chi connectivity index (χ1v) is 7.46. The Morgan fingerprint density at radius 1 is 1.05 bits per heavy atom. The van der Waals surface area contributed by atoms with Gasteiger partial charge in [-0.25, -0.2) is 0 Å². The van der Waals surface area contributed by atoms with Gasteiger partial charge in [-0.1, -0.05) is 22.0 Å². The zero-order valence-corrected chi connectivity index (χ0v) is 13.4. The lowest BCUT2D eigenvalue weighted by Gasteiger charge is -2.15. The number of nitrogens with two attached hydrogens (primary N) is 1. The van der Waals surface area contributed by atoms with E-state index >= 15 is 0 Å². The molecule has 4 heteroatoms. The molecule has 0 aliphatic rings. The number of aryl methyl sites for hydroxylation is 1. The van der Waals surface area contributed by atoms with Gasteiger partial charge in [-0.05, 0) is 61.2 Å². The monoisotopic (exact) mass is 342 g/mol. The average Bonchev–Trinajstić information content (AvgIpc) is 2.45. The lowest BCUT2D eigenvalue weighted by molar-refractivity contribution is 0.935. The molecule has 3 rings (SSSR count). The molecule has 1 aromatic heterocycles. The number of fused-ring (bicyclic) bond motifs is 1. The van der Waals surface area contributed by atoms with Crippen LogP contribution in [0.15, 0.2) is 51.7 Å². The first-order valence-electron chi connectivity index (χ1n) is 6.66.